The van der Waals surface area contributed by atoms with Crippen LogP contribution in [0.15, 0.2) is 54.8 Å². The van der Waals surface area contributed by atoms with Gasteiger partial charge in [-0.3, -0.25) is 4.79 Å². The highest BCUT2D eigenvalue weighted by Gasteiger charge is 2.27. The zero-order valence-corrected chi connectivity index (χ0v) is 24.1. The molecule has 1 unspecified atom stereocenters. The SMILES string of the molecule is C=CCOc1c(Br)cc(C(C)(C)c2cc(Br)c(OC(C)COC(C)=O)c(Br)c2)cc1Br. The van der Waals surface area contributed by atoms with Crippen LogP contribution in [0.4, 0.5) is 0 Å². The second kappa shape index (κ2) is 11.3. The zero-order valence-electron chi connectivity index (χ0n) is 17.7. The first-order valence-corrected chi connectivity index (χ1v) is 12.7. The Balaban J connectivity index is 2.35. The van der Waals surface area contributed by atoms with Crippen LogP contribution >= 0.6 is 63.7 Å². The lowest BCUT2D eigenvalue weighted by Gasteiger charge is -2.28. The van der Waals surface area contributed by atoms with E-state index in [1.165, 1.54) is 6.92 Å². The van der Waals surface area contributed by atoms with E-state index >= 15 is 0 Å². The van der Waals surface area contributed by atoms with Crippen LogP contribution in [0.2, 0.25) is 0 Å². The molecule has 8 heteroatoms. The summed E-state index contributed by atoms with van der Waals surface area (Å²) in [6.07, 6.45) is 1.42. The summed E-state index contributed by atoms with van der Waals surface area (Å²) in [5, 5.41) is 0. The molecule has 31 heavy (non-hydrogen) atoms. The Morgan fingerprint density at radius 3 is 1.87 bits per heavy atom. The van der Waals surface area contributed by atoms with Crippen molar-refractivity contribution in [2.75, 3.05) is 13.2 Å². The lowest BCUT2D eigenvalue weighted by Crippen LogP contribution is -2.22. The van der Waals surface area contributed by atoms with Crippen molar-refractivity contribution < 1.29 is 19.0 Å². The fourth-order valence-corrected chi connectivity index (χ4v) is 5.66. The highest BCUT2D eigenvalue weighted by molar-refractivity contribution is 9.11. The van der Waals surface area contributed by atoms with Crippen LogP contribution < -0.4 is 9.47 Å². The lowest BCUT2D eigenvalue weighted by atomic mass is 9.78. The van der Waals surface area contributed by atoms with Crippen LogP contribution in [0.25, 0.3) is 0 Å². The molecule has 0 aromatic heterocycles. The van der Waals surface area contributed by atoms with Crippen molar-refractivity contribution >= 4 is 69.7 Å². The number of hydrogen-bond acceptors (Lipinski definition) is 4. The largest absolute Gasteiger partial charge is 0.487 e. The molecule has 0 bridgehead atoms. The Bertz CT molecular complexity index is 926. The number of halogens is 4. The molecule has 0 amide bonds. The van der Waals surface area contributed by atoms with E-state index < -0.39 is 0 Å². The third-order valence-corrected chi connectivity index (χ3v) is 6.98. The zero-order chi connectivity index (χ0) is 23.3. The molecule has 0 saturated carbocycles. The molecule has 2 aromatic rings. The molecule has 0 aliphatic carbocycles. The standard InChI is InChI=1S/C23H24Br4O4/c1-6-7-29-21-17(24)8-15(9-18(21)25)23(4,5)16-10-19(26)22(20(27)11-16)31-13(2)12-30-14(3)28/h6,8-11,13H,1,7,12H2,2-5H3. The molecule has 4 nitrogen and oxygen atoms in total. The van der Waals surface area contributed by atoms with Gasteiger partial charge in [-0.1, -0.05) is 26.5 Å². The van der Waals surface area contributed by atoms with E-state index in [2.05, 4.69) is 96.3 Å². The minimum Gasteiger partial charge on any atom is -0.487 e. The number of hydrogen-bond donors (Lipinski definition) is 0. The molecule has 0 aliphatic rings. The van der Waals surface area contributed by atoms with E-state index in [1.54, 1.807) is 6.08 Å². The second-order valence-electron chi connectivity index (χ2n) is 7.49. The van der Waals surface area contributed by atoms with Gasteiger partial charge in [0.1, 0.15) is 30.8 Å². The molecule has 0 N–H and O–H groups in total. The molecular formula is C23H24Br4O4. The summed E-state index contributed by atoms with van der Waals surface area (Å²) in [6.45, 7) is 11.8. The molecule has 0 radical (unpaired) electrons. The second-order valence-corrected chi connectivity index (χ2v) is 10.9. The van der Waals surface area contributed by atoms with Gasteiger partial charge in [-0.25, -0.2) is 0 Å². The van der Waals surface area contributed by atoms with Crippen molar-refractivity contribution in [3.8, 4) is 11.5 Å². The summed E-state index contributed by atoms with van der Waals surface area (Å²) in [7, 11) is 0. The Morgan fingerprint density at radius 2 is 1.45 bits per heavy atom. The first-order chi connectivity index (χ1) is 14.5. The number of esters is 1. The Labute approximate surface area is 217 Å². The average Bonchev–Trinajstić information content (AvgIpc) is 2.68. The topological polar surface area (TPSA) is 44.8 Å². The van der Waals surface area contributed by atoms with Crippen LogP contribution in [0.3, 0.4) is 0 Å². The summed E-state index contributed by atoms with van der Waals surface area (Å²) >= 11 is 14.5. The van der Waals surface area contributed by atoms with Gasteiger partial charge < -0.3 is 14.2 Å². The minimum atomic E-state index is -0.330. The molecule has 0 heterocycles. The molecule has 1 atom stereocenters. The van der Waals surface area contributed by atoms with E-state index in [1.807, 2.05) is 19.1 Å². The monoisotopic (exact) mass is 680 g/mol. The van der Waals surface area contributed by atoms with E-state index in [0.717, 1.165) is 34.8 Å². The van der Waals surface area contributed by atoms with Crippen LogP contribution in [-0.4, -0.2) is 25.3 Å². The van der Waals surface area contributed by atoms with Crippen molar-refractivity contribution in [3.63, 3.8) is 0 Å². The molecule has 2 aromatic carbocycles. The summed E-state index contributed by atoms with van der Waals surface area (Å²) in [4.78, 5) is 11.0. The fourth-order valence-electron chi connectivity index (χ4n) is 2.87. The van der Waals surface area contributed by atoms with Crippen LogP contribution in [0, 0.1) is 0 Å². The highest BCUT2D eigenvalue weighted by atomic mass is 79.9. The number of carbonyl (C=O) groups excluding carboxylic acids is 1. The van der Waals surface area contributed by atoms with Crippen molar-refractivity contribution in [3.05, 3.63) is 65.9 Å². The number of benzene rings is 2. The van der Waals surface area contributed by atoms with Crippen LogP contribution in [-0.2, 0) is 14.9 Å². The predicted octanol–water partition coefficient (Wildman–Crippen LogP) is 7.96. The summed E-state index contributed by atoms with van der Waals surface area (Å²) in [5.41, 5.74) is 1.88. The average molecular weight is 684 g/mol. The maximum Gasteiger partial charge on any atom is 0.302 e. The summed E-state index contributed by atoms with van der Waals surface area (Å²) < 4.78 is 20.1. The molecule has 0 aliphatic heterocycles. The Hall–Kier alpha value is -0.830. The van der Waals surface area contributed by atoms with Crippen molar-refractivity contribution in [2.45, 2.75) is 39.2 Å². The maximum atomic E-state index is 11.0. The number of carbonyl (C=O) groups is 1. The first kappa shape index (κ1) is 26.4. The predicted molar refractivity (Wildman–Crippen MR) is 138 cm³/mol. The maximum absolute atomic E-state index is 11.0. The van der Waals surface area contributed by atoms with E-state index in [-0.39, 0.29) is 24.1 Å². The van der Waals surface area contributed by atoms with Crippen molar-refractivity contribution in [1.29, 1.82) is 0 Å². The van der Waals surface area contributed by atoms with E-state index in [4.69, 9.17) is 14.2 Å². The van der Waals surface area contributed by atoms with Gasteiger partial charge in [-0.05, 0) is 106 Å². The molecular weight excluding hydrogens is 660 g/mol. The quantitative estimate of drug-likeness (QED) is 0.199. The van der Waals surface area contributed by atoms with Gasteiger partial charge >= 0.3 is 5.97 Å². The lowest BCUT2D eigenvalue weighted by molar-refractivity contribution is -0.143. The van der Waals surface area contributed by atoms with Gasteiger partial charge in [0.15, 0.2) is 0 Å². The van der Waals surface area contributed by atoms with Gasteiger partial charge in [0.2, 0.25) is 0 Å². The van der Waals surface area contributed by atoms with E-state index in [0.29, 0.717) is 12.4 Å². The number of rotatable bonds is 9. The Kier molecular flexibility index (Phi) is 9.67. The van der Waals surface area contributed by atoms with Crippen molar-refractivity contribution in [1.82, 2.24) is 0 Å². The third kappa shape index (κ3) is 6.83. The van der Waals surface area contributed by atoms with Crippen LogP contribution in [0.5, 0.6) is 11.5 Å². The summed E-state index contributed by atoms with van der Waals surface area (Å²) in [6, 6.07) is 8.22. The Morgan fingerprint density at radius 1 is 1.00 bits per heavy atom. The van der Waals surface area contributed by atoms with Crippen molar-refractivity contribution in [2.24, 2.45) is 0 Å². The van der Waals surface area contributed by atoms with Crippen LogP contribution in [0.1, 0.15) is 38.8 Å². The molecule has 0 saturated heterocycles. The number of ether oxygens (including phenoxy) is 3. The van der Waals surface area contributed by atoms with Gasteiger partial charge in [-0.2, -0.15) is 0 Å². The normalized spacial score (nSPS) is 12.3. The third-order valence-electron chi connectivity index (χ3n) is 4.63. The van der Waals surface area contributed by atoms with Gasteiger partial charge in [-0.15, -0.1) is 0 Å². The van der Waals surface area contributed by atoms with Gasteiger partial charge in [0.25, 0.3) is 0 Å². The minimum absolute atomic E-state index is 0.184. The summed E-state index contributed by atoms with van der Waals surface area (Å²) in [5.74, 6) is 1.07. The van der Waals surface area contributed by atoms with Gasteiger partial charge in [0.05, 0.1) is 17.9 Å². The van der Waals surface area contributed by atoms with E-state index in [9.17, 15) is 4.79 Å². The van der Waals surface area contributed by atoms with Gasteiger partial charge in [0, 0.05) is 12.3 Å². The fraction of sp³-hybridized carbons (Fsp3) is 0.348. The molecule has 2 rings (SSSR count). The molecule has 0 spiro atoms. The highest BCUT2D eigenvalue weighted by Crippen LogP contribution is 2.44. The first-order valence-electron chi connectivity index (χ1n) is 9.50. The smallest absolute Gasteiger partial charge is 0.302 e. The molecule has 0 fully saturated rings. The molecule has 168 valence electrons.